The van der Waals surface area contributed by atoms with Gasteiger partial charge in [0.25, 0.3) is 0 Å². The molecular formula is C14H9ClFNO. The van der Waals surface area contributed by atoms with Gasteiger partial charge in [0.15, 0.2) is 0 Å². The summed E-state index contributed by atoms with van der Waals surface area (Å²) in [6.07, 6.45) is 0. The van der Waals surface area contributed by atoms with Gasteiger partial charge in [-0.15, -0.1) is 0 Å². The molecule has 0 bridgehead atoms. The van der Waals surface area contributed by atoms with Crippen LogP contribution in [0, 0.1) is 17.1 Å². The number of nitriles is 1. The van der Waals surface area contributed by atoms with Crippen molar-refractivity contribution >= 4 is 11.6 Å². The van der Waals surface area contributed by atoms with Gasteiger partial charge >= 0.3 is 0 Å². The Morgan fingerprint density at radius 3 is 2.56 bits per heavy atom. The Hall–Kier alpha value is -2.05. The molecule has 0 heterocycles. The van der Waals surface area contributed by atoms with Gasteiger partial charge in [-0.05, 0) is 42.0 Å². The summed E-state index contributed by atoms with van der Waals surface area (Å²) in [7, 11) is 0. The van der Waals surface area contributed by atoms with Crippen LogP contribution in [0.5, 0.6) is 5.75 Å². The Bertz CT molecular complexity index is 590. The first-order valence-electron chi connectivity index (χ1n) is 5.26. The molecule has 0 radical (unpaired) electrons. The van der Waals surface area contributed by atoms with Crippen molar-refractivity contribution in [2.24, 2.45) is 0 Å². The highest BCUT2D eigenvalue weighted by Crippen LogP contribution is 2.17. The van der Waals surface area contributed by atoms with E-state index in [-0.39, 0.29) is 12.2 Å². The number of hydrogen-bond donors (Lipinski definition) is 0. The highest BCUT2D eigenvalue weighted by atomic mass is 35.5. The maximum Gasteiger partial charge on any atom is 0.140 e. The number of hydrogen-bond acceptors (Lipinski definition) is 2. The van der Waals surface area contributed by atoms with Crippen molar-refractivity contribution in [2.45, 2.75) is 6.61 Å². The van der Waals surface area contributed by atoms with Crippen LogP contribution in [0.15, 0.2) is 42.5 Å². The van der Waals surface area contributed by atoms with Gasteiger partial charge in [0.05, 0.1) is 5.56 Å². The Morgan fingerprint density at radius 2 is 1.89 bits per heavy atom. The Labute approximate surface area is 109 Å². The first kappa shape index (κ1) is 12.4. The fourth-order valence-corrected chi connectivity index (χ4v) is 1.57. The van der Waals surface area contributed by atoms with E-state index in [2.05, 4.69) is 0 Å². The highest BCUT2D eigenvalue weighted by Gasteiger charge is 2.03. The second-order valence-corrected chi connectivity index (χ2v) is 4.11. The minimum absolute atomic E-state index is 0.0206. The summed E-state index contributed by atoms with van der Waals surface area (Å²) in [5, 5.41) is 9.35. The lowest BCUT2D eigenvalue weighted by Gasteiger charge is -2.06. The Balaban J connectivity index is 2.06. The number of halogens is 2. The molecule has 2 aromatic rings. The summed E-state index contributed by atoms with van der Waals surface area (Å²) in [5.74, 6) is 0.148. The van der Waals surface area contributed by atoms with E-state index in [0.717, 1.165) is 5.56 Å². The topological polar surface area (TPSA) is 33.0 Å². The van der Waals surface area contributed by atoms with E-state index in [0.29, 0.717) is 10.8 Å². The van der Waals surface area contributed by atoms with Crippen LogP contribution in [-0.2, 0) is 6.61 Å². The van der Waals surface area contributed by atoms with E-state index in [1.807, 2.05) is 0 Å². The van der Waals surface area contributed by atoms with Gasteiger partial charge in [0.1, 0.15) is 24.2 Å². The van der Waals surface area contributed by atoms with Crippen LogP contribution < -0.4 is 4.74 Å². The first-order valence-corrected chi connectivity index (χ1v) is 5.64. The van der Waals surface area contributed by atoms with Crippen LogP contribution in [0.3, 0.4) is 0 Å². The lowest BCUT2D eigenvalue weighted by molar-refractivity contribution is 0.306. The number of ether oxygens (including phenoxy) is 1. The standard InChI is InChI=1S/C14H9ClFNO/c15-12-2-4-13(5-3-12)18-9-10-1-6-14(16)11(7-10)8-17/h1-7H,9H2. The van der Waals surface area contributed by atoms with E-state index in [1.165, 1.54) is 12.1 Å². The van der Waals surface area contributed by atoms with Crippen LogP contribution >= 0.6 is 11.6 Å². The van der Waals surface area contributed by atoms with Crippen molar-refractivity contribution < 1.29 is 9.13 Å². The average molecular weight is 262 g/mol. The molecule has 0 fully saturated rings. The van der Waals surface area contributed by atoms with Crippen molar-refractivity contribution in [1.29, 1.82) is 5.26 Å². The summed E-state index contributed by atoms with van der Waals surface area (Å²) in [6.45, 7) is 0.274. The van der Waals surface area contributed by atoms with Crippen LogP contribution in [0.1, 0.15) is 11.1 Å². The normalized spacial score (nSPS) is 9.83. The van der Waals surface area contributed by atoms with Gasteiger partial charge in [-0.3, -0.25) is 0 Å². The van der Waals surface area contributed by atoms with Gasteiger partial charge in [0, 0.05) is 5.02 Å². The molecule has 0 spiro atoms. The van der Waals surface area contributed by atoms with Crippen molar-refractivity contribution in [1.82, 2.24) is 0 Å². The number of benzene rings is 2. The lowest BCUT2D eigenvalue weighted by atomic mass is 10.1. The highest BCUT2D eigenvalue weighted by molar-refractivity contribution is 6.30. The molecule has 0 N–H and O–H groups in total. The molecule has 0 atom stereocenters. The van der Waals surface area contributed by atoms with Crippen molar-refractivity contribution in [3.63, 3.8) is 0 Å². The molecule has 0 unspecified atom stereocenters. The fraction of sp³-hybridized carbons (Fsp3) is 0.0714. The van der Waals surface area contributed by atoms with E-state index < -0.39 is 5.82 Å². The minimum atomic E-state index is -0.521. The van der Waals surface area contributed by atoms with Crippen LogP contribution in [0.2, 0.25) is 5.02 Å². The van der Waals surface area contributed by atoms with E-state index in [1.54, 1.807) is 36.4 Å². The maximum atomic E-state index is 13.1. The van der Waals surface area contributed by atoms with Crippen molar-refractivity contribution in [2.75, 3.05) is 0 Å². The molecular weight excluding hydrogens is 253 g/mol. The summed E-state index contributed by atoms with van der Waals surface area (Å²) in [4.78, 5) is 0. The summed E-state index contributed by atoms with van der Waals surface area (Å²) in [6, 6.07) is 13.1. The van der Waals surface area contributed by atoms with Crippen LogP contribution in [0.4, 0.5) is 4.39 Å². The molecule has 18 heavy (non-hydrogen) atoms. The molecule has 4 heteroatoms. The third-order valence-corrected chi connectivity index (χ3v) is 2.62. The van der Waals surface area contributed by atoms with Gasteiger partial charge < -0.3 is 4.74 Å². The minimum Gasteiger partial charge on any atom is -0.489 e. The number of rotatable bonds is 3. The maximum absolute atomic E-state index is 13.1. The zero-order chi connectivity index (χ0) is 13.0. The summed E-state index contributed by atoms with van der Waals surface area (Å²) in [5.41, 5.74) is 0.759. The molecule has 2 aromatic carbocycles. The third kappa shape index (κ3) is 2.99. The lowest BCUT2D eigenvalue weighted by Crippen LogP contribution is -1.96. The third-order valence-electron chi connectivity index (χ3n) is 2.37. The predicted octanol–water partition coefficient (Wildman–Crippen LogP) is 3.93. The average Bonchev–Trinajstić information content (AvgIpc) is 2.39. The molecule has 0 saturated heterocycles. The predicted molar refractivity (Wildman–Crippen MR) is 66.9 cm³/mol. The quantitative estimate of drug-likeness (QED) is 0.839. The molecule has 0 saturated carbocycles. The molecule has 90 valence electrons. The van der Waals surface area contributed by atoms with Crippen molar-refractivity contribution in [3.8, 4) is 11.8 Å². The SMILES string of the molecule is N#Cc1cc(COc2ccc(Cl)cc2)ccc1F. The Kier molecular flexibility index (Phi) is 3.81. The molecule has 2 rings (SSSR count). The molecule has 0 aliphatic rings. The molecule has 0 amide bonds. The largest absolute Gasteiger partial charge is 0.489 e. The van der Waals surface area contributed by atoms with Crippen molar-refractivity contribution in [3.05, 3.63) is 64.4 Å². The smallest absolute Gasteiger partial charge is 0.140 e. The summed E-state index contributed by atoms with van der Waals surface area (Å²) >= 11 is 5.75. The van der Waals surface area contributed by atoms with Gasteiger partial charge in [-0.1, -0.05) is 17.7 Å². The van der Waals surface area contributed by atoms with Gasteiger partial charge in [0.2, 0.25) is 0 Å². The van der Waals surface area contributed by atoms with Gasteiger partial charge in [-0.25, -0.2) is 4.39 Å². The second-order valence-electron chi connectivity index (χ2n) is 3.67. The summed E-state index contributed by atoms with van der Waals surface area (Å²) < 4.78 is 18.6. The number of nitrogens with zero attached hydrogens (tertiary/aromatic N) is 1. The molecule has 2 nitrogen and oxygen atoms in total. The Morgan fingerprint density at radius 1 is 1.17 bits per heavy atom. The fourth-order valence-electron chi connectivity index (χ4n) is 1.45. The molecule has 0 aliphatic carbocycles. The van der Waals surface area contributed by atoms with Crippen LogP contribution in [-0.4, -0.2) is 0 Å². The van der Waals surface area contributed by atoms with Crippen LogP contribution in [0.25, 0.3) is 0 Å². The van der Waals surface area contributed by atoms with E-state index in [4.69, 9.17) is 21.6 Å². The first-order chi connectivity index (χ1) is 8.69. The zero-order valence-corrected chi connectivity index (χ0v) is 10.1. The van der Waals surface area contributed by atoms with Gasteiger partial charge in [-0.2, -0.15) is 5.26 Å². The zero-order valence-electron chi connectivity index (χ0n) is 9.36. The monoisotopic (exact) mass is 261 g/mol. The molecule has 0 aliphatic heterocycles. The molecule has 0 aromatic heterocycles. The van der Waals surface area contributed by atoms with E-state index in [9.17, 15) is 4.39 Å². The van der Waals surface area contributed by atoms with E-state index >= 15 is 0 Å². The second kappa shape index (κ2) is 5.52.